The van der Waals surface area contributed by atoms with E-state index in [1.54, 1.807) is 12.1 Å². The van der Waals surface area contributed by atoms with Gasteiger partial charge < -0.3 is 35.7 Å². The molecule has 13 heteroatoms. The van der Waals surface area contributed by atoms with Crippen LogP contribution in [0, 0.1) is 22.7 Å². The maximum absolute atomic E-state index is 14.5. The standard InChI is InChI=1S/C36H55N5O8/c1-7-35(5,6)23-19-26(30(44)38-25(18-22-13-14-22)27(42)29(37)43)41(20-23)31(45)28(34(2,3)4)39-33(47)40-36(15-9-8-10-16-36)32(46)49-21-24-12-11-17-48-24/h11-12,17,22-23,25-26,28H,7-10,13-16,18-21H2,1-6H3,(H2,37,43)(H,38,44)(H2,39,40,47)/t23-,25?,26+,28-/m1/s1. The van der Waals surface area contributed by atoms with Crippen LogP contribution in [0.1, 0.15) is 112 Å². The summed E-state index contributed by atoms with van der Waals surface area (Å²) in [4.78, 5) is 81.6. The minimum atomic E-state index is -1.27. The number of amides is 5. The van der Waals surface area contributed by atoms with Crippen molar-refractivity contribution in [1.82, 2.24) is 20.9 Å². The van der Waals surface area contributed by atoms with Crippen LogP contribution in [0.3, 0.4) is 0 Å². The molecule has 0 bridgehead atoms. The van der Waals surface area contributed by atoms with Crippen LogP contribution in [0.15, 0.2) is 22.8 Å². The Kier molecular flexibility index (Phi) is 11.9. The third-order valence-corrected chi connectivity index (χ3v) is 10.8. The average Bonchev–Trinajstić information content (AvgIpc) is 3.49. The van der Waals surface area contributed by atoms with Crippen LogP contribution in [-0.4, -0.2) is 70.6 Å². The number of carbonyl (C=O) groups excluding carboxylic acids is 6. The minimum Gasteiger partial charge on any atom is -0.466 e. The average molecular weight is 686 g/mol. The Balaban J connectivity index is 1.55. The number of furan rings is 1. The molecular formula is C36H55N5O8. The van der Waals surface area contributed by atoms with Crippen molar-refractivity contribution in [3.05, 3.63) is 24.2 Å². The fraction of sp³-hybridized carbons (Fsp3) is 0.722. The highest BCUT2D eigenvalue weighted by Crippen LogP contribution is 2.41. The molecule has 1 unspecified atom stereocenters. The lowest BCUT2D eigenvalue weighted by atomic mass is 9.75. The molecule has 1 aromatic rings. The molecule has 49 heavy (non-hydrogen) atoms. The highest BCUT2D eigenvalue weighted by atomic mass is 16.5. The van der Waals surface area contributed by atoms with Gasteiger partial charge in [-0.2, -0.15) is 0 Å². The predicted molar refractivity (Wildman–Crippen MR) is 180 cm³/mol. The van der Waals surface area contributed by atoms with Crippen molar-refractivity contribution in [2.45, 2.75) is 136 Å². The van der Waals surface area contributed by atoms with Gasteiger partial charge in [0.25, 0.3) is 5.91 Å². The number of urea groups is 1. The Morgan fingerprint density at radius 3 is 2.27 bits per heavy atom. The van der Waals surface area contributed by atoms with Gasteiger partial charge in [0, 0.05) is 6.54 Å². The van der Waals surface area contributed by atoms with Gasteiger partial charge in [-0.1, -0.05) is 80.1 Å². The number of nitrogens with zero attached hydrogens (tertiary/aromatic N) is 1. The van der Waals surface area contributed by atoms with Crippen molar-refractivity contribution in [2.24, 2.45) is 28.4 Å². The smallest absolute Gasteiger partial charge is 0.332 e. The highest BCUT2D eigenvalue weighted by Gasteiger charge is 2.49. The van der Waals surface area contributed by atoms with Crippen molar-refractivity contribution in [3.8, 4) is 0 Å². The first-order valence-electron chi connectivity index (χ1n) is 17.7. The van der Waals surface area contributed by atoms with Gasteiger partial charge in [-0.3, -0.25) is 19.2 Å². The largest absolute Gasteiger partial charge is 0.466 e. The minimum absolute atomic E-state index is 0.0465. The molecule has 2 heterocycles. The number of ketones is 1. The van der Waals surface area contributed by atoms with E-state index >= 15 is 0 Å². The van der Waals surface area contributed by atoms with Crippen LogP contribution in [0.4, 0.5) is 4.79 Å². The van der Waals surface area contributed by atoms with E-state index in [2.05, 4.69) is 36.7 Å². The van der Waals surface area contributed by atoms with Gasteiger partial charge in [0.15, 0.2) is 0 Å². The lowest BCUT2D eigenvalue weighted by Gasteiger charge is -2.38. The molecular weight excluding hydrogens is 630 g/mol. The van der Waals surface area contributed by atoms with Crippen molar-refractivity contribution >= 4 is 35.5 Å². The molecule has 1 aromatic heterocycles. The number of nitrogens with one attached hydrogen (secondary N) is 3. The predicted octanol–water partition coefficient (Wildman–Crippen LogP) is 3.73. The Bertz CT molecular complexity index is 1370. The Labute approximate surface area is 289 Å². The van der Waals surface area contributed by atoms with Gasteiger partial charge in [0.05, 0.1) is 12.3 Å². The number of hydrogen-bond acceptors (Lipinski definition) is 8. The second-order valence-electron chi connectivity index (χ2n) is 15.9. The maximum Gasteiger partial charge on any atom is 0.332 e. The quantitative estimate of drug-likeness (QED) is 0.168. The molecule has 3 aliphatic rings. The van der Waals surface area contributed by atoms with E-state index in [4.69, 9.17) is 14.9 Å². The highest BCUT2D eigenvalue weighted by molar-refractivity contribution is 6.37. The molecule has 5 amide bonds. The number of Topliss-reactive ketones (excluding diaryl/α,β-unsaturated/α-hetero) is 1. The van der Waals surface area contributed by atoms with E-state index in [1.807, 2.05) is 20.8 Å². The molecule has 0 aromatic carbocycles. The summed E-state index contributed by atoms with van der Waals surface area (Å²) in [6.45, 7) is 11.9. The van der Waals surface area contributed by atoms with Gasteiger partial charge in [0.2, 0.25) is 17.6 Å². The zero-order valence-electron chi connectivity index (χ0n) is 29.9. The number of ether oxygens (including phenoxy) is 1. The summed E-state index contributed by atoms with van der Waals surface area (Å²) in [5, 5.41) is 8.48. The normalized spacial score (nSPS) is 22.0. The lowest BCUT2D eigenvalue weighted by Crippen LogP contribution is -2.64. The molecule has 13 nitrogen and oxygen atoms in total. The topological polar surface area (TPSA) is 190 Å². The van der Waals surface area contributed by atoms with Gasteiger partial charge in [-0.15, -0.1) is 0 Å². The molecule has 1 aliphatic heterocycles. The number of carbonyl (C=O) groups is 6. The van der Waals surface area contributed by atoms with Gasteiger partial charge in [-0.25, -0.2) is 9.59 Å². The molecule has 2 saturated carbocycles. The first-order chi connectivity index (χ1) is 23.0. The van der Waals surface area contributed by atoms with E-state index in [0.717, 1.165) is 38.5 Å². The molecule has 0 radical (unpaired) electrons. The molecule has 5 N–H and O–H groups in total. The van der Waals surface area contributed by atoms with E-state index < -0.39 is 64.6 Å². The third kappa shape index (κ3) is 9.42. The van der Waals surface area contributed by atoms with Crippen LogP contribution in [-0.2, 0) is 35.3 Å². The number of hydrogen-bond donors (Lipinski definition) is 4. The second kappa shape index (κ2) is 15.3. The lowest BCUT2D eigenvalue weighted by molar-refractivity contribution is -0.154. The molecule has 3 fully saturated rings. The fourth-order valence-electron chi connectivity index (χ4n) is 6.94. The van der Waals surface area contributed by atoms with Crippen LogP contribution < -0.4 is 21.7 Å². The molecule has 4 rings (SSSR count). The summed E-state index contributed by atoms with van der Waals surface area (Å²) in [7, 11) is 0. The first-order valence-corrected chi connectivity index (χ1v) is 17.7. The number of primary amides is 1. The summed E-state index contributed by atoms with van der Waals surface area (Å²) in [5.74, 6) is -2.85. The zero-order valence-corrected chi connectivity index (χ0v) is 29.9. The Morgan fingerprint density at radius 1 is 1.04 bits per heavy atom. The summed E-state index contributed by atoms with van der Waals surface area (Å²) in [6.07, 6.45) is 7.91. The van der Waals surface area contributed by atoms with E-state index in [1.165, 1.54) is 11.2 Å². The summed E-state index contributed by atoms with van der Waals surface area (Å²) in [5.41, 5.74) is 3.05. The number of nitrogens with two attached hydrogens (primary N) is 1. The number of esters is 1. The van der Waals surface area contributed by atoms with Crippen molar-refractivity contribution in [1.29, 1.82) is 0 Å². The van der Waals surface area contributed by atoms with E-state index in [0.29, 0.717) is 31.4 Å². The summed E-state index contributed by atoms with van der Waals surface area (Å²) in [6, 6.07) is -0.354. The number of rotatable bonds is 14. The SMILES string of the molecule is CCC(C)(C)[C@@H]1C[C@@H](C(=O)NC(CC2CC2)C(=O)C(N)=O)N(C(=O)[C@@H](NC(=O)NC2(C(=O)OCc3ccco3)CCCCC2)C(C)(C)C)C1. The van der Waals surface area contributed by atoms with Crippen LogP contribution >= 0.6 is 0 Å². The Hall–Kier alpha value is -3.90. The zero-order chi connectivity index (χ0) is 36.1. The van der Waals surface area contributed by atoms with Crippen molar-refractivity contribution in [2.75, 3.05) is 6.54 Å². The molecule has 4 atom stereocenters. The molecule has 272 valence electrons. The van der Waals surface area contributed by atoms with E-state index in [9.17, 15) is 28.8 Å². The van der Waals surface area contributed by atoms with Gasteiger partial charge >= 0.3 is 12.0 Å². The second-order valence-corrected chi connectivity index (χ2v) is 15.9. The Morgan fingerprint density at radius 2 is 1.71 bits per heavy atom. The van der Waals surface area contributed by atoms with E-state index in [-0.39, 0.29) is 30.4 Å². The third-order valence-electron chi connectivity index (χ3n) is 10.8. The summed E-state index contributed by atoms with van der Waals surface area (Å²) >= 11 is 0. The molecule has 2 aliphatic carbocycles. The van der Waals surface area contributed by atoms with Crippen molar-refractivity contribution < 1.29 is 37.9 Å². The molecule has 1 saturated heterocycles. The maximum atomic E-state index is 14.5. The van der Waals surface area contributed by atoms with Crippen LogP contribution in [0.25, 0.3) is 0 Å². The summed E-state index contributed by atoms with van der Waals surface area (Å²) < 4.78 is 10.9. The molecule has 0 spiro atoms. The first kappa shape index (κ1) is 37.9. The van der Waals surface area contributed by atoms with Crippen molar-refractivity contribution in [3.63, 3.8) is 0 Å². The van der Waals surface area contributed by atoms with Crippen LogP contribution in [0.2, 0.25) is 0 Å². The number of likely N-dealkylation sites (tertiary alicyclic amines) is 1. The van der Waals surface area contributed by atoms with Gasteiger partial charge in [-0.05, 0) is 60.5 Å². The van der Waals surface area contributed by atoms with Crippen LogP contribution in [0.5, 0.6) is 0 Å². The fourth-order valence-corrected chi connectivity index (χ4v) is 6.94. The monoisotopic (exact) mass is 685 g/mol. The van der Waals surface area contributed by atoms with Gasteiger partial charge in [0.1, 0.15) is 30.0 Å².